The number of aldehydes is 2. The molecule has 0 aromatic carbocycles. The highest BCUT2D eigenvalue weighted by atomic mass is 16.5. The Hall–Kier alpha value is -1.92. The predicted molar refractivity (Wildman–Crippen MR) is 253 cm³/mol. The monoisotopic (exact) mass is 857 g/mol. The van der Waals surface area contributed by atoms with Gasteiger partial charge in [-0.1, -0.05) is 161 Å². The molecule has 11 nitrogen and oxygen atoms in total. The summed E-state index contributed by atoms with van der Waals surface area (Å²) in [5.41, 5.74) is 5.44. The number of nitrogens with one attached hydrogen (secondary N) is 1. The van der Waals surface area contributed by atoms with E-state index in [4.69, 9.17) is 20.7 Å². The van der Waals surface area contributed by atoms with Crippen LogP contribution in [0.4, 0.5) is 0 Å². The van der Waals surface area contributed by atoms with Gasteiger partial charge in [-0.05, 0) is 91.8 Å². The fourth-order valence-electron chi connectivity index (χ4n) is 6.94. The standard InChI is InChI=1S/C19H42N2O.2C15H29NO3/c1-2-3-4-5-6-7-8-9-10-11-12-18-22-19-14-17-21-16-13-15-20;2*1-16(14-15(18)19)12-10-8-6-4-2-3-5-7-9-11-13-17/h21H,2-20H2,1H3;2*13H,2-12,14H2,1H3,(H,18,19). The number of hydrogen-bond donors (Lipinski definition) is 4. The molecule has 5 N–H and O–H groups in total. The molecule has 0 aromatic rings. The number of nitrogens with zero attached hydrogens (tertiary/aromatic N) is 2. The first-order valence-electron chi connectivity index (χ1n) is 24.9. The van der Waals surface area contributed by atoms with Crippen LogP contribution in [0, 0.1) is 0 Å². The maximum Gasteiger partial charge on any atom is 0.317 e. The predicted octanol–water partition coefficient (Wildman–Crippen LogP) is 10.8. The van der Waals surface area contributed by atoms with Gasteiger partial charge < -0.3 is 35.6 Å². The molecule has 60 heavy (non-hydrogen) atoms. The van der Waals surface area contributed by atoms with Gasteiger partial charge in [0.2, 0.25) is 0 Å². The Labute approximate surface area is 370 Å². The van der Waals surface area contributed by atoms with Gasteiger partial charge in [0.15, 0.2) is 0 Å². The number of carboxylic acid groups (broad SMARTS) is 2. The van der Waals surface area contributed by atoms with Crippen LogP contribution in [0.25, 0.3) is 0 Å². The second-order valence-corrected chi connectivity index (χ2v) is 16.9. The number of nitrogens with two attached hydrogens (primary N) is 1. The van der Waals surface area contributed by atoms with Crippen LogP contribution in [0.5, 0.6) is 0 Å². The average molecular weight is 857 g/mol. The second kappa shape index (κ2) is 57.1. The molecule has 0 aliphatic carbocycles. The van der Waals surface area contributed by atoms with Gasteiger partial charge in [0.05, 0.1) is 13.1 Å². The Kier molecular flexibility index (Phi) is 59.3. The van der Waals surface area contributed by atoms with Crippen molar-refractivity contribution in [2.24, 2.45) is 5.73 Å². The third-order valence-corrected chi connectivity index (χ3v) is 10.6. The van der Waals surface area contributed by atoms with Gasteiger partial charge in [0.1, 0.15) is 12.6 Å². The molecule has 0 bridgehead atoms. The van der Waals surface area contributed by atoms with Crippen LogP contribution in [0.15, 0.2) is 0 Å². The third-order valence-electron chi connectivity index (χ3n) is 10.6. The maximum atomic E-state index is 10.5. The molecule has 0 spiro atoms. The number of aliphatic carboxylic acids is 2. The summed E-state index contributed by atoms with van der Waals surface area (Å²) in [6, 6.07) is 0. The van der Waals surface area contributed by atoms with Gasteiger partial charge in [-0.25, -0.2) is 0 Å². The SMILES string of the molecule is CCCCCCCCCCCCCOCCCNCCCN.CN(CCCCCCCCCCCC=O)CC(=O)O.CN(CCCCCCCCCCCC=O)CC(=O)O. The Morgan fingerprint density at radius 3 is 1.15 bits per heavy atom. The lowest BCUT2D eigenvalue weighted by molar-refractivity contribution is -0.139. The molecular weight excluding hydrogens is 757 g/mol. The number of rotatable bonds is 47. The average Bonchev–Trinajstić information content (AvgIpc) is 3.21. The highest BCUT2D eigenvalue weighted by Crippen LogP contribution is 2.13. The van der Waals surface area contributed by atoms with Gasteiger partial charge in [0, 0.05) is 26.1 Å². The number of carbonyl (C=O) groups excluding carboxylic acids is 2. The van der Waals surface area contributed by atoms with Crippen molar-refractivity contribution < 1.29 is 34.1 Å². The third kappa shape index (κ3) is 65.2. The number of carbonyl (C=O) groups is 4. The van der Waals surface area contributed by atoms with Crippen LogP contribution in [-0.2, 0) is 23.9 Å². The van der Waals surface area contributed by atoms with E-state index >= 15 is 0 Å². The minimum Gasteiger partial charge on any atom is -0.480 e. The summed E-state index contributed by atoms with van der Waals surface area (Å²) in [6.45, 7) is 9.02. The molecule has 0 radical (unpaired) electrons. The van der Waals surface area contributed by atoms with E-state index in [9.17, 15) is 19.2 Å². The molecule has 0 aromatic heterocycles. The number of unbranched alkanes of at least 4 members (excludes halogenated alkanes) is 28. The molecule has 0 atom stereocenters. The lowest BCUT2D eigenvalue weighted by Crippen LogP contribution is -2.26. The topological polar surface area (TPSA) is 162 Å². The van der Waals surface area contributed by atoms with E-state index < -0.39 is 11.9 Å². The van der Waals surface area contributed by atoms with Gasteiger partial charge in [0.25, 0.3) is 0 Å². The Morgan fingerprint density at radius 2 is 0.800 bits per heavy atom. The van der Waals surface area contributed by atoms with Gasteiger partial charge in [-0.15, -0.1) is 0 Å². The Balaban J connectivity index is -0.000000815. The normalized spacial score (nSPS) is 11.0. The molecule has 0 aliphatic rings. The first-order chi connectivity index (χ1) is 29.2. The summed E-state index contributed by atoms with van der Waals surface area (Å²) >= 11 is 0. The maximum absolute atomic E-state index is 10.5. The summed E-state index contributed by atoms with van der Waals surface area (Å²) in [4.78, 5) is 44.8. The van der Waals surface area contributed by atoms with E-state index in [-0.39, 0.29) is 13.1 Å². The van der Waals surface area contributed by atoms with Crippen molar-refractivity contribution in [1.82, 2.24) is 15.1 Å². The molecule has 0 saturated carbocycles. The van der Waals surface area contributed by atoms with Crippen molar-refractivity contribution in [2.75, 3.05) is 73.1 Å². The van der Waals surface area contributed by atoms with Gasteiger partial charge in [-0.2, -0.15) is 0 Å². The molecule has 0 saturated heterocycles. The molecule has 0 fully saturated rings. The summed E-state index contributed by atoms with van der Waals surface area (Å²) in [5.74, 6) is -1.51. The quantitative estimate of drug-likeness (QED) is 0.0340. The first kappa shape index (κ1) is 62.4. The lowest BCUT2D eigenvalue weighted by Gasteiger charge is -2.13. The molecule has 0 aliphatic heterocycles. The van der Waals surface area contributed by atoms with Crippen LogP contribution in [0.3, 0.4) is 0 Å². The minimum atomic E-state index is -0.753. The zero-order valence-electron chi connectivity index (χ0n) is 39.8. The molecular formula is C49H100N4O7. The first-order valence-corrected chi connectivity index (χ1v) is 24.9. The Bertz CT molecular complexity index is 800. The molecule has 0 unspecified atom stereocenters. The van der Waals surface area contributed by atoms with E-state index in [1.807, 2.05) is 23.9 Å². The smallest absolute Gasteiger partial charge is 0.317 e. The summed E-state index contributed by atoms with van der Waals surface area (Å²) in [5, 5.41) is 20.6. The number of carboxylic acids is 2. The fourth-order valence-corrected chi connectivity index (χ4v) is 6.94. The molecule has 0 amide bonds. The second-order valence-electron chi connectivity index (χ2n) is 16.9. The van der Waals surface area contributed by atoms with E-state index in [0.29, 0.717) is 12.8 Å². The molecule has 11 heteroatoms. The van der Waals surface area contributed by atoms with Crippen LogP contribution < -0.4 is 11.1 Å². The van der Waals surface area contributed by atoms with Crippen LogP contribution in [-0.4, -0.2) is 118 Å². The summed E-state index contributed by atoms with van der Waals surface area (Å²) < 4.78 is 5.66. The van der Waals surface area contributed by atoms with E-state index in [2.05, 4.69) is 12.2 Å². The number of ether oxygens (including phenoxy) is 1. The van der Waals surface area contributed by atoms with E-state index in [0.717, 1.165) is 97.0 Å². The van der Waals surface area contributed by atoms with Gasteiger partial charge in [-0.3, -0.25) is 19.4 Å². The Morgan fingerprint density at radius 1 is 0.483 bits per heavy atom. The molecule has 0 rings (SSSR count). The van der Waals surface area contributed by atoms with Gasteiger partial charge >= 0.3 is 11.9 Å². The highest BCUT2D eigenvalue weighted by molar-refractivity contribution is 5.69. The summed E-state index contributed by atoms with van der Waals surface area (Å²) in [6.07, 6.45) is 42.6. The van der Waals surface area contributed by atoms with Crippen LogP contribution in [0.2, 0.25) is 0 Å². The van der Waals surface area contributed by atoms with E-state index in [1.54, 1.807) is 0 Å². The summed E-state index contributed by atoms with van der Waals surface area (Å²) in [7, 11) is 3.71. The molecule has 358 valence electrons. The molecule has 0 heterocycles. The van der Waals surface area contributed by atoms with Crippen LogP contribution in [0.1, 0.15) is 219 Å². The zero-order chi connectivity index (χ0) is 44.8. The zero-order valence-corrected chi connectivity index (χ0v) is 39.8. The van der Waals surface area contributed by atoms with Crippen LogP contribution >= 0.6 is 0 Å². The van der Waals surface area contributed by atoms with E-state index in [1.165, 1.54) is 161 Å². The van der Waals surface area contributed by atoms with Crippen molar-refractivity contribution in [3.05, 3.63) is 0 Å². The minimum absolute atomic E-state index is 0.140. The van der Waals surface area contributed by atoms with Crippen molar-refractivity contribution >= 4 is 24.5 Å². The lowest BCUT2D eigenvalue weighted by atomic mass is 10.1. The van der Waals surface area contributed by atoms with Crippen molar-refractivity contribution in [3.63, 3.8) is 0 Å². The van der Waals surface area contributed by atoms with Crippen molar-refractivity contribution in [3.8, 4) is 0 Å². The fraction of sp³-hybridized carbons (Fsp3) is 0.918. The van der Waals surface area contributed by atoms with Crippen molar-refractivity contribution in [1.29, 1.82) is 0 Å². The largest absolute Gasteiger partial charge is 0.480 e. The number of likely N-dealkylation sites (N-methyl/N-ethyl adjacent to an activating group) is 2. The highest BCUT2D eigenvalue weighted by Gasteiger charge is 2.04. The van der Waals surface area contributed by atoms with Crippen molar-refractivity contribution in [2.45, 2.75) is 219 Å². The number of hydrogen-bond acceptors (Lipinski definition) is 9.